The van der Waals surface area contributed by atoms with Crippen LogP contribution < -0.4 is 10.1 Å². The molecule has 2 aliphatic rings. The van der Waals surface area contributed by atoms with Gasteiger partial charge in [0.25, 0.3) is 0 Å². The highest BCUT2D eigenvalue weighted by atomic mass is 16.5. The van der Waals surface area contributed by atoms with E-state index in [-0.39, 0.29) is 12.3 Å². The van der Waals surface area contributed by atoms with Crippen LogP contribution in [0.15, 0.2) is 42.9 Å². The van der Waals surface area contributed by atoms with E-state index < -0.39 is 0 Å². The number of pyridine rings is 1. The van der Waals surface area contributed by atoms with E-state index in [0.717, 1.165) is 60.9 Å². The Morgan fingerprint density at radius 2 is 1.91 bits per heavy atom. The molecule has 1 aromatic carbocycles. The van der Waals surface area contributed by atoms with Gasteiger partial charge in [-0.25, -0.2) is 4.98 Å². The third-order valence-corrected chi connectivity index (χ3v) is 6.29. The molecular weight excluding hydrogens is 404 g/mol. The predicted molar refractivity (Wildman–Crippen MR) is 122 cm³/mol. The summed E-state index contributed by atoms with van der Waals surface area (Å²) in [5.74, 6) is 1.03. The topological polar surface area (TPSA) is 87.0 Å². The number of anilines is 2. The number of imidazole rings is 1. The molecule has 8 nitrogen and oxygen atoms in total. The molecule has 1 aliphatic heterocycles. The fourth-order valence-corrected chi connectivity index (χ4v) is 4.63. The second-order valence-electron chi connectivity index (χ2n) is 8.56. The van der Waals surface area contributed by atoms with Crippen LogP contribution in [0.1, 0.15) is 51.2 Å². The number of ether oxygens (including phenoxy) is 2. The molecule has 32 heavy (non-hydrogen) atoms. The fraction of sp³-hybridized carbons (Fsp3) is 0.417. The molecule has 1 unspecified atom stereocenters. The van der Waals surface area contributed by atoms with Gasteiger partial charge in [-0.05, 0) is 69.2 Å². The molecule has 4 heterocycles. The lowest BCUT2D eigenvalue weighted by Crippen LogP contribution is -2.18. The van der Waals surface area contributed by atoms with E-state index in [1.165, 1.54) is 12.8 Å². The van der Waals surface area contributed by atoms with Crippen molar-refractivity contribution >= 4 is 33.7 Å². The van der Waals surface area contributed by atoms with E-state index in [1.54, 1.807) is 6.20 Å². The smallest absolute Gasteiger partial charge is 0.247 e. The zero-order valence-electron chi connectivity index (χ0n) is 17.9. The van der Waals surface area contributed by atoms with Crippen LogP contribution in [0.25, 0.3) is 22.1 Å². The molecule has 1 atom stereocenters. The molecule has 1 saturated heterocycles. The number of hydrogen-bond donors (Lipinski definition) is 1. The Kier molecular flexibility index (Phi) is 5.07. The van der Waals surface area contributed by atoms with E-state index in [1.807, 2.05) is 35.2 Å². The molecule has 1 N–H and O–H groups in total. The average Bonchev–Trinajstić information content (AvgIpc) is 3.50. The Balaban J connectivity index is 1.39. The first-order chi connectivity index (χ1) is 15.8. The summed E-state index contributed by atoms with van der Waals surface area (Å²) in [5, 5.41) is 4.42. The summed E-state index contributed by atoms with van der Waals surface area (Å²) < 4.78 is 14.3. The number of hydrogen-bond acceptors (Lipinski definition) is 7. The third-order valence-electron chi connectivity index (χ3n) is 6.29. The van der Waals surface area contributed by atoms with Gasteiger partial charge in [-0.3, -0.25) is 9.55 Å². The monoisotopic (exact) mass is 430 g/mol. The largest absolute Gasteiger partial charge is 0.473 e. The summed E-state index contributed by atoms with van der Waals surface area (Å²) in [7, 11) is 0. The zero-order valence-corrected chi connectivity index (χ0v) is 17.9. The average molecular weight is 431 g/mol. The SMILES string of the molecule is c1cnc2ccc(Nc3nc(OC4CCCC4)c4ncn(C5CCCCO5)c4n3)cc2c1. The molecule has 0 amide bonds. The highest BCUT2D eigenvalue weighted by Gasteiger charge is 2.24. The lowest BCUT2D eigenvalue weighted by molar-refractivity contribution is -0.0298. The standard InChI is InChI=1S/C24H26N6O2/c1-2-8-18(7-1)32-23-21-22(30(15-26-21)20-9-3-4-13-31-20)28-24(29-23)27-17-10-11-19-16(14-17)6-5-12-25-19/h5-6,10-12,14-15,18,20H,1-4,7-9,13H2,(H,27,28,29). The van der Waals surface area contributed by atoms with Gasteiger partial charge in [-0.15, -0.1) is 0 Å². The van der Waals surface area contributed by atoms with Crippen molar-refractivity contribution < 1.29 is 9.47 Å². The number of benzene rings is 1. The van der Waals surface area contributed by atoms with E-state index in [4.69, 9.17) is 19.4 Å². The molecule has 8 heteroatoms. The van der Waals surface area contributed by atoms with Crippen LogP contribution in [0.3, 0.4) is 0 Å². The van der Waals surface area contributed by atoms with Crippen molar-refractivity contribution in [3.63, 3.8) is 0 Å². The van der Waals surface area contributed by atoms with Crippen molar-refractivity contribution in [2.24, 2.45) is 0 Å². The van der Waals surface area contributed by atoms with Gasteiger partial charge in [0.2, 0.25) is 11.8 Å². The maximum Gasteiger partial charge on any atom is 0.247 e. The minimum atomic E-state index is -0.0532. The molecule has 0 bridgehead atoms. The summed E-state index contributed by atoms with van der Waals surface area (Å²) >= 11 is 0. The fourth-order valence-electron chi connectivity index (χ4n) is 4.63. The lowest BCUT2D eigenvalue weighted by atomic mass is 10.2. The summed E-state index contributed by atoms with van der Waals surface area (Å²) in [4.78, 5) is 18.6. The lowest BCUT2D eigenvalue weighted by Gasteiger charge is -2.24. The van der Waals surface area contributed by atoms with E-state index in [0.29, 0.717) is 17.3 Å². The van der Waals surface area contributed by atoms with Crippen LogP contribution in [0, 0.1) is 0 Å². The molecule has 3 aromatic heterocycles. The minimum absolute atomic E-state index is 0.0532. The zero-order chi connectivity index (χ0) is 21.3. The molecule has 164 valence electrons. The van der Waals surface area contributed by atoms with Gasteiger partial charge < -0.3 is 14.8 Å². The van der Waals surface area contributed by atoms with Gasteiger partial charge in [0.15, 0.2) is 11.2 Å². The van der Waals surface area contributed by atoms with Crippen LogP contribution in [-0.4, -0.2) is 37.2 Å². The Morgan fingerprint density at radius 1 is 1.00 bits per heavy atom. The molecular formula is C24H26N6O2. The Labute approximate surface area is 186 Å². The number of nitrogens with one attached hydrogen (secondary N) is 1. The summed E-state index contributed by atoms with van der Waals surface area (Å²) in [5.41, 5.74) is 3.29. The first-order valence-electron chi connectivity index (χ1n) is 11.5. The highest BCUT2D eigenvalue weighted by Crippen LogP contribution is 2.32. The van der Waals surface area contributed by atoms with Crippen molar-refractivity contribution in [1.29, 1.82) is 0 Å². The summed E-state index contributed by atoms with van der Waals surface area (Å²) in [6.45, 7) is 0.761. The molecule has 1 aliphatic carbocycles. The van der Waals surface area contributed by atoms with Crippen LogP contribution in [0.2, 0.25) is 0 Å². The first kappa shape index (κ1) is 19.4. The highest BCUT2D eigenvalue weighted by molar-refractivity contribution is 5.83. The van der Waals surface area contributed by atoms with Crippen molar-refractivity contribution in [1.82, 2.24) is 24.5 Å². The molecule has 6 rings (SSSR count). The third kappa shape index (κ3) is 3.75. The van der Waals surface area contributed by atoms with Crippen LogP contribution in [-0.2, 0) is 4.74 Å². The summed E-state index contributed by atoms with van der Waals surface area (Å²) in [6.07, 6.45) is 11.4. The van der Waals surface area contributed by atoms with Crippen molar-refractivity contribution in [2.75, 3.05) is 11.9 Å². The molecule has 0 radical (unpaired) electrons. The van der Waals surface area contributed by atoms with Gasteiger partial charge in [0, 0.05) is 23.9 Å². The number of rotatable bonds is 5. The van der Waals surface area contributed by atoms with E-state index >= 15 is 0 Å². The Morgan fingerprint density at radius 3 is 2.78 bits per heavy atom. The molecule has 2 fully saturated rings. The maximum atomic E-state index is 6.32. The normalized spacial score (nSPS) is 19.6. The van der Waals surface area contributed by atoms with E-state index in [2.05, 4.69) is 21.4 Å². The Bertz CT molecular complexity index is 1240. The van der Waals surface area contributed by atoms with Crippen LogP contribution >= 0.6 is 0 Å². The van der Waals surface area contributed by atoms with Crippen LogP contribution in [0.5, 0.6) is 5.88 Å². The number of aromatic nitrogens is 5. The second-order valence-corrected chi connectivity index (χ2v) is 8.56. The van der Waals surface area contributed by atoms with Crippen molar-refractivity contribution in [3.8, 4) is 5.88 Å². The number of nitrogens with zero attached hydrogens (tertiary/aromatic N) is 5. The van der Waals surface area contributed by atoms with Gasteiger partial charge in [0.1, 0.15) is 12.3 Å². The maximum absolute atomic E-state index is 6.32. The van der Waals surface area contributed by atoms with Gasteiger partial charge >= 0.3 is 0 Å². The van der Waals surface area contributed by atoms with Crippen molar-refractivity contribution in [2.45, 2.75) is 57.3 Å². The molecule has 1 saturated carbocycles. The Hall–Kier alpha value is -3.26. The summed E-state index contributed by atoms with van der Waals surface area (Å²) in [6, 6.07) is 10.0. The van der Waals surface area contributed by atoms with Gasteiger partial charge in [0.05, 0.1) is 11.8 Å². The molecule has 0 spiro atoms. The second kappa shape index (κ2) is 8.35. The van der Waals surface area contributed by atoms with Crippen molar-refractivity contribution in [3.05, 3.63) is 42.9 Å². The first-order valence-corrected chi connectivity index (χ1v) is 11.5. The predicted octanol–water partition coefficient (Wildman–Crippen LogP) is 5.14. The quantitative estimate of drug-likeness (QED) is 0.469. The van der Waals surface area contributed by atoms with Gasteiger partial charge in [-0.2, -0.15) is 9.97 Å². The minimum Gasteiger partial charge on any atom is -0.473 e. The van der Waals surface area contributed by atoms with Gasteiger partial charge in [-0.1, -0.05) is 6.07 Å². The molecule has 4 aromatic rings. The number of fused-ring (bicyclic) bond motifs is 2. The van der Waals surface area contributed by atoms with Crippen LogP contribution in [0.4, 0.5) is 11.6 Å². The van der Waals surface area contributed by atoms with E-state index in [9.17, 15) is 0 Å².